The number of likely N-dealkylation sites (tertiary alicyclic amines) is 1. The molecule has 0 radical (unpaired) electrons. The van der Waals surface area contributed by atoms with Crippen LogP contribution in [-0.4, -0.2) is 47.6 Å². The molecule has 1 fully saturated rings. The highest BCUT2D eigenvalue weighted by Gasteiger charge is 2.25. The van der Waals surface area contributed by atoms with Gasteiger partial charge in [0, 0.05) is 35.7 Å². The van der Waals surface area contributed by atoms with Gasteiger partial charge in [0.05, 0.1) is 13.0 Å². The Labute approximate surface area is 151 Å². The number of carbonyl (C=O) groups is 2. The van der Waals surface area contributed by atoms with E-state index in [9.17, 15) is 14.0 Å². The average molecular weight is 361 g/mol. The number of carbonyl (C=O) groups excluding carboxylic acids is 2. The number of halogens is 1. The molecule has 0 saturated carbocycles. The molecule has 6 nitrogen and oxygen atoms in total. The van der Waals surface area contributed by atoms with Crippen molar-refractivity contribution in [3.8, 4) is 0 Å². The van der Waals surface area contributed by atoms with Crippen LogP contribution >= 0.6 is 0 Å². The van der Waals surface area contributed by atoms with Gasteiger partial charge in [0.1, 0.15) is 5.82 Å². The van der Waals surface area contributed by atoms with E-state index in [4.69, 9.17) is 4.74 Å². The Morgan fingerprint density at radius 1 is 1.35 bits per heavy atom. The van der Waals surface area contributed by atoms with Gasteiger partial charge in [-0.15, -0.1) is 0 Å². The van der Waals surface area contributed by atoms with Gasteiger partial charge in [-0.05, 0) is 50.5 Å². The molecule has 1 aromatic carbocycles. The molecule has 26 heavy (non-hydrogen) atoms. The van der Waals surface area contributed by atoms with E-state index in [-0.39, 0.29) is 30.3 Å². The van der Waals surface area contributed by atoms with Crippen LogP contribution in [-0.2, 0) is 16.0 Å². The second kappa shape index (κ2) is 7.76. The maximum Gasteiger partial charge on any atom is 0.409 e. The molecule has 1 aromatic heterocycles. The lowest BCUT2D eigenvalue weighted by Gasteiger charge is -2.31. The lowest BCUT2D eigenvalue weighted by atomic mass is 10.0. The smallest absolute Gasteiger partial charge is 0.409 e. The fraction of sp³-hybridized carbons (Fsp3) is 0.474. The number of benzene rings is 1. The summed E-state index contributed by atoms with van der Waals surface area (Å²) in [6.45, 7) is 5.17. The van der Waals surface area contributed by atoms with Crippen molar-refractivity contribution in [2.45, 2.75) is 39.2 Å². The molecule has 2 heterocycles. The van der Waals surface area contributed by atoms with E-state index in [0.717, 1.165) is 22.2 Å². The zero-order valence-electron chi connectivity index (χ0n) is 15.1. The monoisotopic (exact) mass is 361 g/mol. The highest BCUT2D eigenvalue weighted by atomic mass is 19.1. The van der Waals surface area contributed by atoms with Gasteiger partial charge >= 0.3 is 6.09 Å². The first-order valence-corrected chi connectivity index (χ1v) is 8.95. The largest absolute Gasteiger partial charge is 0.450 e. The summed E-state index contributed by atoms with van der Waals surface area (Å²) in [5.41, 5.74) is 2.52. The number of fused-ring (bicyclic) bond motifs is 1. The molecular formula is C19H24FN3O3. The van der Waals surface area contributed by atoms with Gasteiger partial charge in [0.15, 0.2) is 0 Å². The van der Waals surface area contributed by atoms with E-state index in [1.807, 2.05) is 6.92 Å². The highest BCUT2D eigenvalue weighted by Crippen LogP contribution is 2.23. The molecule has 0 unspecified atom stereocenters. The van der Waals surface area contributed by atoms with Crippen molar-refractivity contribution in [3.05, 3.63) is 35.3 Å². The number of ether oxygens (including phenoxy) is 1. The van der Waals surface area contributed by atoms with Crippen LogP contribution < -0.4 is 5.32 Å². The minimum absolute atomic E-state index is 0.0374. The Hall–Kier alpha value is -2.57. The van der Waals surface area contributed by atoms with Gasteiger partial charge in [-0.2, -0.15) is 0 Å². The molecule has 2 amide bonds. The molecule has 2 aromatic rings. The number of aryl methyl sites for hydroxylation is 1. The first-order valence-electron chi connectivity index (χ1n) is 8.95. The fourth-order valence-electron chi connectivity index (χ4n) is 3.44. The van der Waals surface area contributed by atoms with Gasteiger partial charge in [0.2, 0.25) is 5.91 Å². The van der Waals surface area contributed by atoms with Crippen LogP contribution in [0.3, 0.4) is 0 Å². The maximum absolute atomic E-state index is 13.5. The van der Waals surface area contributed by atoms with Gasteiger partial charge in [-0.3, -0.25) is 4.79 Å². The van der Waals surface area contributed by atoms with Crippen molar-refractivity contribution >= 4 is 22.9 Å². The van der Waals surface area contributed by atoms with Crippen LogP contribution in [0, 0.1) is 12.7 Å². The predicted molar refractivity (Wildman–Crippen MR) is 96.5 cm³/mol. The molecule has 7 heteroatoms. The number of hydrogen-bond donors (Lipinski definition) is 2. The number of aromatic amines is 1. The number of rotatable bonds is 4. The summed E-state index contributed by atoms with van der Waals surface area (Å²) in [6, 6.07) is 4.58. The van der Waals surface area contributed by atoms with Crippen LogP contribution in [0.4, 0.5) is 9.18 Å². The van der Waals surface area contributed by atoms with Crippen molar-refractivity contribution in [1.82, 2.24) is 15.2 Å². The second-order valence-corrected chi connectivity index (χ2v) is 6.62. The number of aromatic nitrogens is 1. The van der Waals surface area contributed by atoms with Crippen molar-refractivity contribution in [1.29, 1.82) is 0 Å². The lowest BCUT2D eigenvalue weighted by molar-refractivity contribution is -0.121. The van der Waals surface area contributed by atoms with Gasteiger partial charge in [0.25, 0.3) is 0 Å². The van der Waals surface area contributed by atoms with E-state index in [1.54, 1.807) is 17.9 Å². The summed E-state index contributed by atoms with van der Waals surface area (Å²) in [5.74, 6) is -0.405. The summed E-state index contributed by atoms with van der Waals surface area (Å²) in [5, 5.41) is 3.77. The third-order valence-corrected chi connectivity index (χ3v) is 4.80. The number of nitrogens with zero attached hydrogens (tertiary/aromatic N) is 1. The number of nitrogens with one attached hydrogen (secondary N) is 2. The van der Waals surface area contributed by atoms with E-state index in [0.29, 0.717) is 32.5 Å². The molecule has 0 aliphatic carbocycles. The molecule has 0 spiro atoms. The van der Waals surface area contributed by atoms with E-state index in [1.165, 1.54) is 12.1 Å². The molecular weight excluding hydrogens is 337 g/mol. The third kappa shape index (κ3) is 3.98. The minimum Gasteiger partial charge on any atom is -0.450 e. The molecule has 0 atom stereocenters. The SMILES string of the molecule is CCOC(=O)N1CCC(NC(=O)Cc2c(C)[nH]c3ccc(F)cc23)CC1. The predicted octanol–water partition coefficient (Wildman–Crippen LogP) is 2.90. The van der Waals surface area contributed by atoms with Crippen LogP contribution in [0.2, 0.25) is 0 Å². The Balaban J connectivity index is 1.58. The molecule has 2 N–H and O–H groups in total. The Morgan fingerprint density at radius 3 is 2.77 bits per heavy atom. The minimum atomic E-state index is -0.315. The van der Waals surface area contributed by atoms with Crippen LogP contribution in [0.25, 0.3) is 10.9 Å². The van der Waals surface area contributed by atoms with Crippen molar-refractivity contribution < 1.29 is 18.7 Å². The number of piperidine rings is 1. The molecule has 0 bridgehead atoms. The molecule has 140 valence electrons. The van der Waals surface area contributed by atoms with Gasteiger partial charge < -0.3 is 19.9 Å². The quantitative estimate of drug-likeness (QED) is 0.879. The Morgan fingerprint density at radius 2 is 2.08 bits per heavy atom. The number of hydrogen-bond acceptors (Lipinski definition) is 3. The van der Waals surface area contributed by atoms with Crippen LogP contribution in [0.15, 0.2) is 18.2 Å². The second-order valence-electron chi connectivity index (χ2n) is 6.62. The first-order chi connectivity index (χ1) is 12.5. The summed E-state index contributed by atoms with van der Waals surface area (Å²) in [6.07, 6.45) is 1.31. The van der Waals surface area contributed by atoms with Gasteiger partial charge in [-0.1, -0.05) is 0 Å². The Kier molecular flexibility index (Phi) is 5.44. The standard InChI is InChI=1S/C19H24FN3O3/c1-3-26-19(25)23-8-6-14(7-9-23)22-18(24)11-15-12(2)21-17-5-4-13(20)10-16(15)17/h4-5,10,14,21H,3,6-9,11H2,1-2H3,(H,22,24). The molecule has 1 aliphatic rings. The first kappa shape index (κ1) is 18.2. The van der Waals surface area contributed by atoms with Crippen molar-refractivity contribution in [3.63, 3.8) is 0 Å². The Bertz CT molecular complexity index is 810. The third-order valence-electron chi connectivity index (χ3n) is 4.80. The number of amides is 2. The van der Waals surface area contributed by atoms with Crippen LogP contribution in [0.1, 0.15) is 31.0 Å². The zero-order valence-corrected chi connectivity index (χ0v) is 15.1. The molecule has 1 aliphatic heterocycles. The van der Waals surface area contributed by atoms with Crippen molar-refractivity contribution in [2.75, 3.05) is 19.7 Å². The normalized spacial score (nSPS) is 15.3. The van der Waals surface area contributed by atoms with E-state index < -0.39 is 0 Å². The average Bonchev–Trinajstić information content (AvgIpc) is 2.91. The van der Waals surface area contributed by atoms with E-state index >= 15 is 0 Å². The van der Waals surface area contributed by atoms with Gasteiger partial charge in [-0.25, -0.2) is 9.18 Å². The zero-order chi connectivity index (χ0) is 18.7. The summed E-state index contributed by atoms with van der Waals surface area (Å²) >= 11 is 0. The van der Waals surface area contributed by atoms with Crippen LogP contribution in [0.5, 0.6) is 0 Å². The summed E-state index contributed by atoms with van der Waals surface area (Å²) < 4.78 is 18.5. The molecule has 3 rings (SSSR count). The number of H-pyrrole nitrogens is 1. The molecule has 1 saturated heterocycles. The summed E-state index contributed by atoms with van der Waals surface area (Å²) in [4.78, 5) is 29.0. The highest BCUT2D eigenvalue weighted by molar-refractivity contribution is 5.90. The maximum atomic E-state index is 13.5. The lowest BCUT2D eigenvalue weighted by Crippen LogP contribution is -2.47. The van der Waals surface area contributed by atoms with Crippen molar-refractivity contribution in [2.24, 2.45) is 0 Å². The summed E-state index contributed by atoms with van der Waals surface area (Å²) in [7, 11) is 0. The fourth-order valence-corrected chi connectivity index (χ4v) is 3.44. The van der Waals surface area contributed by atoms with E-state index in [2.05, 4.69) is 10.3 Å². The topological polar surface area (TPSA) is 74.4 Å².